The molecule has 0 aromatic carbocycles. The van der Waals surface area contributed by atoms with Crippen LogP contribution in [0.15, 0.2) is 11.9 Å². The molecule has 1 rings (SSSR count). The van der Waals surface area contributed by atoms with Gasteiger partial charge in [0, 0.05) is 17.3 Å². The molecule has 0 amide bonds. The van der Waals surface area contributed by atoms with Crippen LogP contribution in [0.3, 0.4) is 0 Å². The van der Waals surface area contributed by atoms with Crippen molar-refractivity contribution in [2.45, 2.75) is 20.8 Å². The molecule has 0 saturated carbocycles. The molecule has 10 heavy (non-hydrogen) atoms. The highest BCUT2D eigenvalue weighted by molar-refractivity contribution is 14.1. The molecule has 0 aromatic rings. The highest BCUT2D eigenvalue weighted by Gasteiger charge is 2.21. The molecule has 2 nitrogen and oxygen atoms in total. The van der Waals surface area contributed by atoms with E-state index in [2.05, 4.69) is 58.3 Å². The zero-order valence-electron chi connectivity index (χ0n) is 6.61. The maximum atomic E-state index is 3.33. The fourth-order valence-electron chi connectivity index (χ4n) is 0.851. The van der Waals surface area contributed by atoms with Crippen LogP contribution in [0.25, 0.3) is 0 Å². The van der Waals surface area contributed by atoms with Crippen LogP contribution in [0, 0.1) is 5.41 Å². The summed E-state index contributed by atoms with van der Waals surface area (Å²) in [6, 6.07) is 0. The van der Waals surface area contributed by atoms with E-state index in [4.69, 9.17) is 0 Å². The van der Waals surface area contributed by atoms with Crippen LogP contribution in [0.2, 0.25) is 0 Å². The number of hydrogen-bond donors (Lipinski definition) is 1. The van der Waals surface area contributed by atoms with Crippen LogP contribution in [0.5, 0.6) is 0 Å². The van der Waals surface area contributed by atoms with Gasteiger partial charge in [0.25, 0.3) is 0 Å². The minimum Gasteiger partial charge on any atom is -0.369 e. The van der Waals surface area contributed by atoms with Crippen molar-refractivity contribution in [3.8, 4) is 0 Å². The molecule has 0 aliphatic carbocycles. The van der Waals surface area contributed by atoms with Gasteiger partial charge in [-0.25, -0.2) is 0 Å². The zero-order valence-corrected chi connectivity index (χ0v) is 8.77. The second-order valence-corrected chi connectivity index (χ2v) is 4.77. The van der Waals surface area contributed by atoms with Crippen molar-refractivity contribution in [1.29, 1.82) is 0 Å². The van der Waals surface area contributed by atoms with Gasteiger partial charge in [-0.2, -0.15) is 0 Å². The van der Waals surface area contributed by atoms with Gasteiger partial charge in [0.05, 0.1) is 29.5 Å². The molecular weight excluding hydrogens is 239 g/mol. The first kappa shape index (κ1) is 8.17. The van der Waals surface area contributed by atoms with Crippen molar-refractivity contribution in [1.82, 2.24) is 8.43 Å². The second-order valence-electron chi connectivity index (χ2n) is 3.53. The molecule has 1 aliphatic heterocycles. The van der Waals surface area contributed by atoms with Crippen molar-refractivity contribution in [2.75, 3.05) is 6.67 Å². The summed E-state index contributed by atoms with van der Waals surface area (Å²) in [6.07, 6.45) is 2.15. The summed E-state index contributed by atoms with van der Waals surface area (Å²) in [5.41, 5.74) is 1.59. The van der Waals surface area contributed by atoms with Gasteiger partial charge in [-0.15, -0.1) is 0 Å². The summed E-state index contributed by atoms with van der Waals surface area (Å²) in [7, 11) is 0. The van der Waals surface area contributed by atoms with E-state index in [-0.39, 0.29) is 5.41 Å². The molecule has 0 radical (unpaired) electrons. The predicted octanol–water partition coefficient (Wildman–Crippen LogP) is 2.09. The maximum absolute atomic E-state index is 3.33. The zero-order chi connectivity index (χ0) is 7.78. The van der Waals surface area contributed by atoms with Gasteiger partial charge in [0.15, 0.2) is 0 Å². The van der Waals surface area contributed by atoms with Gasteiger partial charge in [0.2, 0.25) is 0 Å². The summed E-state index contributed by atoms with van der Waals surface area (Å²) in [5, 5.41) is 3.33. The molecule has 0 fully saturated rings. The van der Waals surface area contributed by atoms with E-state index in [1.807, 2.05) is 0 Å². The van der Waals surface area contributed by atoms with Gasteiger partial charge in [-0.3, -0.25) is 0 Å². The molecule has 3 heteroatoms. The van der Waals surface area contributed by atoms with Crippen LogP contribution >= 0.6 is 22.9 Å². The Labute approximate surface area is 76.2 Å². The number of hydrogen-bond acceptors (Lipinski definition) is 2. The standard InChI is InChI=1S/C7H13IN2/c1-7(2,3)6-4-10(8)5-9-6/h4,9H,5H2,1-3H3. The Hall–Kier alpha value is 0.0700. The van der Waals surface area contributed by atoms with Gasteiger partial charge in [-0.05, 0) is 0 Å². The maximum Gasteiger partial charge on any atom is 0.0964 e. The van der Waals surface area contributed by atoms with Gasteiger partial charge < -0.3 is 8.43 Å². The lowest BCUT2D eigenvalue weighted by molar-refractivity contribution is 0.471. The Morgan fingerprint density at radius 2 is 2.20 bits per heavy atom. The number of nitrogens with zero attached hydrogens (tertiary/aromatic N) is 1. The minimum atomic E-state index is 0.264. The summed E-state index contributed by atoms with van der Waals surface area (Å²) >= 11 is 2.28. The molecule has 58 valence electrons. The average molecular weight is 252 g/mol. The molecular formula is C7H13IN2. The van der Waals surface area contributed by atoms with Crippen LogP contribution in [-0.2, 0) is 0 Å². The number of halogens is 1. The number of nitrogens with one attached hydrogen (secondary N) is 1. The van der Waals surface area contributed by atoms with E-state index in [1.54, 1.807) is 0 Å². The molecule has 1 heterocycles. The van der Waals surface area contributed by atoms with Gasteiger partial charge >= 0.3 is 0 Å². The van der Waals surface area contributed by atoms with Crippen molar-refractivity contribution in [3.05, 3.63) is 11.9 Å². The van der Waals surface area contributed by atoms with Crippen molar-refractivity contribution in [3.63, 3.8) is 0 Å². The molecule has 0 spiro atoms. The third-order valence-corrected chi connectivity index (χ3v) is 2.12. The minimum absolute atomic E-state index is 0.264. The molecule has 0 aromatic heterocycles. The fraction of sp³-hybridized carbons (Fsp3) is 0.714. The Kier molecular flexibility index (Phi) is 2.12. The summed E-state index contributed by atoms with van der Waals surface area (Å²) in [5.74, 6) is 0. The fourth-order valence-corrected chi connectivity index (χ4v) is 1.30. The van der Waals surface area contributed by atoms with Crippen LogP contribution in [0.4, 0.5) is 0 Å². The second kappa shape index (κ2) is 2.60. The van der Waals surface area contributed by atoms with Gasteiger partial charge in [-0.1, -0.05) is 20.8 Å². The predicted molar refractivity (Wildman–Crippen MR) is 51.4 cm³/mol. The van der Waals surface area contributed by atoms with E-state index in [0.717, 1.165) is 6.67 Å². The van der Waals surface area contributed by atoms with Crippen molar-refractivity contribution < 1.29 is 0 Å². The average Bonchev–Trinajstić information content (AvgIpc) is 2.11. The first-order valence-electron chi connectivity index (χ1n) is 3.39. The monoisotopic (exact) mass is 252 g/mol. The number of allylic oxidation sites excluding steroid dienone is 1. The molecule has 1 N–H and O–H groups in total. The summed E-state index contributed by atoms with van der Waals surface area (Å²) in [6.45, 7) is 7.57. The first-order valence-corrected chi connectivity index (χ1v) is 4.35. The molecule has 0 unspecified atom stereocenters. The highest BCUT2D eigenvalue weighted by Crippen LogP contribution is 2.26. The lowest BCUT2D eigenvalue weighted by Crippen LogP contribution is -2.21. The largest absolute Gasteiger partial charge is 0.369 e. The Morgan fingerprint density at radius 1 is 1.60 bits per heavy atom. The quantitative estimate of drug-likeness (QED) is 0.524. The van der Waals surface area contributed by atoms with Crippen LogP contribution in [0.1, 0.15) is 20.8 Å². The van der Waals surface area contributed by atoms with Crippen molar-refractivity contribution >= 4 is 22.9 Å². The highest BCUT2D eigenvalue weighted by atomic mass is 127. The van der Waals surface area contributed by atoms with Crippen molar-refractivity contribution in [2.24, 2.45) is 5.41 Å². The SMILES string of the molecule is CC(C)(C)C1=CN(I)CN1. The van der Waals surface area contributed by atoms with Crippen LogP contribution < -0.4 is 5.32 Å². The summed E-state index contributed by atoms with van der Waals surface area (Å²) < 4.78 is 2.12. The third-order valence-electron chi connectivity index (χ3n) is 1.50. The Morgan fingerprint density at radius 3 is 2.40 bits per heavy atom. The molecule has 0 saturated heterocycles. The molecule has 0 bridgehead atoms. The topological polar surface area (TPSA) is 15.3 Å². The Balaban J connectivity index is 2.67. The lowest BCUT2D eigenvalue weighted by Gasteiger charge is -2.19. The molecule has 0 atom stereocenters. The summed E-state index contributed by atoms with van der Waals surface area (Å²) in [4.78, 5) is 0. The van der Waals surface area contributed by atoms with E-state index in [1.165, 1.54) is 5.70 Å². The van der Waals surface area contributed by atoms with E-state index >= 15 is 0 Å². The first-order chi connectivity index (χ1) is 4.50. The van der Waals surface area contributed by atoms with E-state index in [0.29, 0.717) is 0 Å². The van der Waals surface area contributed by atoms with Crippen LogP contribution in [-0.4, -0.2) is 9.78 Å². The normalized spacial score (nSPS) is 18.8. The smallest absolute Gasteiger partial charge is 0.0964 e. The number of rotatable bonds is 0. The van der Waals surface area contributed by atoms with E-state index < -0.39 is 0 Å². The Bertz CT molecular complexity index is 157. The molecule has 1 aliphatic rings. The third kappa shape index (κ3) is 1.78. The van der Waals surface area contributed by atoms with E-state index in [9.17, 15) is 0 Å². The van der Waals surface area contributed by atoms with Gasteiger partial charge in [0.1, 0.15) is 0 Å². The lowest BCUT2D eigenvalue weighted by atomic mass is 9.93.